The minimum absolute atomic E-state index is 0.0879. The van der Waals surface area contributed by atoms with E-state index in [1.54, 1.807) is 11.1 Å². The molecule has 0 N–H and O–H groups in total. The fraction of sp³-hybridized carbons (Fsp3) is 0.444. The average molecular weight is 542 g/mol. The Labute approximate surface area is 224 Å². The molecule has 1 aromatic carbocycles. The van der Waals surface area contributed by atoms with E-state index in [0.29, 0.717) is 68.7 Å². The first-order valence-electron chi connectivity index (χ1n) is 12.9. The van der Waals surface area contributed by atoms with Gasteiger partial charge in [0.2, 0.25) is 0 Å². The number of alkyl halides is 3. The number of hydrogen-bond donors (Lipinski definition) is 0. The van der Waals surface area contributed by atoms with Gasteiger partial charge in [0.1, 0.15) is 11.5 Å². The molecule has 0 bridgehead atoms. The summed E-state index contributed by atoms with van der Waals surface area (Å²) >= 11 is 0. The lowest BCUT2D eigenvalue weighted by molar-refractivity contribution is -0.137. The molecule has 12 heteroatoms. The van der Waals surface area contributed by atoms with Gasteiger partial charge in [0, 0.05) is 44.3 Å². The lowest BCUT2D eigenvalue weighted by Crippen LogP contribution is -2.53. The van der Waals surface area contributed by atoms with Gasteiger partial charge in [-0.1, -0.05) is 12.1 Å². The van der Waals surface area contributed by atoms with Crippen molar-refractivity contribution < 1.29 is 22.7 Å². The number of ether oxygens (including phenoxy) is 1. The maximum absolute atomic E-state index is 12.9. The number of rotatable bonds is 4. The third-order valence-corrected chi connectivity index (χ3v) is 7.36. The molecule has 0 saturated carbocycles. The van der Waals surface area contributed by atoms with Crippen molar-refractivity contribution in [1.29, 1.82) is 0 Å². The summed E-state index contributed by atoms with van der Waals surface area (Å²) in [5, 5.41) is 8.86. The molecule has 1 atom stereocenters. The number of benzene rings is 1. The zero-order chi connectivity index (χ0) is 27.7. The van der Waals surface area contributed by atoms with Crippen molar-refractivity contribution in [2.45, 2.75) is 33.0 Å². The van der Waals surface area contributed by atoms with Gasteiger partial charge in [-0.25, -0.2) is 9.97 Å². The van der Waals surface area contributed by atoms with Crippen LogP contribution < -0.4 is 9.80 Å². The van der Waals surface area contributed by atoms with Crippen molar-refractivity contribution in [2.75, 3.05) is 55.7 Å². The van der Waals surface area contributed by atoms with E-state index in [2.05, 4.69) is 36.9 Å². The number of nitrogens with zero attached hydrogens (tertiary/aromatic N) is 7. The Kier molecular flexibility index (Phi) is 7.39. The highest BCUT2D eigenvalue weighted by Crippen LogP contribution is 2.33. The molecule has 3 aromatic rings. The van der Waals surface area contributed by atoms with Crippen LogP contribution in [0.15, 0.2) is 36.7 Å². The summed E-state index contributed by atoms with van der Waals surface area (Å²) in [6, 6.07) is 5.08. The van der Waals surface area contributed by atoms with Crippen molar-refractivity contribution in [2.24, 2.45) is 0 Å². The minimum atomic E-state index is -4.38. The molecule has 206 valence electrons. The zero-order valence-electron chi connectivity index (χ0n) is 22.1. The van der Waals surface area contributed by atoms with Crippen LogP contribution in [0.2, 0.25) is 0 Å². The summed E-state index contributed by atoms with van der Waals surface area (Å²) in [6.45, 7) is 10.1. The predicted octanol–water partition coefficient (Wildman–Crippen LogP) is 3.76. The van der Waals surface area contributed by atoms with Crippen LogP contribution in [0.4, 0.5) is 24.8 Å². The van der Waals surface area contributed by atoms with Gasteiger partial charge in [-0.2, -0.15) is 13.2 Å². The highest BCUT2D eigenvalue weighted by atomic mass is 19.4. The smallest absolute Gasteiger partial charge is 0.378 e. The lowest BCUT2D eigenvalue weighted by atomic mass is 10.0. The first kappa shape index (κ1) is 26.8. The maximum Gasteiger partial charge on any atom is 0.416 e. The quantitative estimate of drug-likeness (QED) is 0.494. The molecule has 39 heavy (non-hydrogen) atoms. The second-order valence-electron chi connectivity index (χ2n) is 9.85. The normalized spacial score (nSPS) is 18.4. The molecule has 5 rings (SSSR count). The number of aromatic nitrogens is 4. The van der Waals surface area contributed by atoms with E-state index in [9.17, 15) is 18.0 Å². The molecule has 1 unspecified atom stereocenters. The third-order valence-electron chi connectivity index (χ3n) is 7.36. The standard InChI is InChI=1S/C27H30F3N7O2/c1-17-16-36(8-9-37(17)23-15-31-22(14-32-23)26(38)35-10-12-39-13-11-35)25-19(3)18(2)24(33-34-25)20-4-6-21(7-5-20)27(28,29)30/h4-7,14-15,17H,8-13,16H2,1-3H3. The lowest BCUT2D eigenvalue weighted by Gasteiger charge is -2.41. The molecule has 9 nitrogen and oxygen atoms in total. The summed E-state index contributed by atoms with van der Waals surface area (Å²) in [5.74, 6) is 1.32. The number of anilines is 2. The monoisotopic (exact) mass is 541 g/mol. The number of piperazine rings is 1. The maximum atomic E-state index is 12.9. The van der Waals surface area contributed by atoms with Crippen LogP contribution in [0, 0.1) is 13.8 Å². The van der Waals surface area contributed by atoms with E-state index >= 15 is 0 Å². The van der Waals surface area contributed by atoms with Gasteiger partial charge < -0.3 is 19.4 Å². The van der Waals surface area contributed by atoms with Gasteiger partial charge in [0.05, 0.1) is 36.9 Å². The van der Waals surface area contributed by atoms with E-state index in [4.69, 9.17) is 4.74 Å². The summed E-state index contributed by atoms with van der Waals surface area (Å²) in [6.07, 6.45) is -1.20. The SMILES string of the molecule is Cc1c(-c2ccc(C(F)(F)F)cc2)nnc(N2CCN(c3cnc(C(=O)N4CCOCC4)cn3)C(C)C2)c1C. The zero-order valence-corrected chi connectivity index (χ0v) is 22.1. The number of amides is 1. The average Bonchev–Trinajstić information content (AvgIpc) is 2.94. The summed E-state index contributed by atoms with van der Waals surface area (Å²) < 4.78 is 44.2. The number of carbonyl (C=O) groups is 1. The van der Waals surface area contributed by atoms with Crippen LogP contribution in [0.5, 0.6) is 0 Å². The van der Waals surface area contributed by atoms with Crippen LogP contribution >= 0.6 is 0 Å². The molecule has 2 saturated heterocycles. The molecule has 2 aliphatic heterocycles. The van der Waals surface area contributed by atoms with Crippen LogP contribution in [0.25, 0.3) is 11.3 Å². The molecule has 2 aliphatic rings. The van der Waals surface area contributed by atoms with Crippen molar-refractivity contribution in [1.82, 2.24) is 25.1 Å². The Balaban J connectivity index is 1.27. The van der Waals surface area contributed by atoms with Gasteiger partial charge in [-0.05, 0) is 44.0 Å². The fourth-order valence-corrected chi connectivity index (χ4v) is 4.98. The third kappa shape index (κ3) is 5.51. The van der Waals surface area contributed by atoms with E-state index in [-0.39, 0.29) is 11.9 Å². The summed E-state index contributed by atoms with van der Waals surface area (Å²) in [5.41, 5.74) is 2.60. The topological polar surface area (TPSA) is 87.6 Å². The molecule has 0 spiro atoms. The van der Waals surface area contributed by atoms with Crippen LogP contribution in [-0.2, 0) is 10.9 Å². The number of morpholine rings is 1. The number of hydrogen-bond acceptors (Lipinski definition) is 8. The van der Waals surface area contributed by atoms with E-state index < -0.39 is 11.7 Å². The van der Waals surface area contributed by atoms with Gasteiger partial charge in [0.25, 0.3) is 5.91 Å². The molecule has 0 aliphatic carbocycles. The molecule has 1 amide bonds. The van der Waals surface area contributed by atoms with E-state index in [1.165, 1.54) is 18.3 Å². The number of carbonyl (C=O) groups excluding carboxylic acids is 1. The van der Waals surface area contributed by atoms with Crippen molar-refractivity contribution in [3.8, 4) is 11.3 Å². The van der Waals surface area contributed by atoms with Crippen molar-refractivity contribution >= 4 is 17.5 Å². The molecule has 2 fully saturated rings. The highest BCUT2D eigenvalue weighted by Gasteiger charge is 2.31. The Bertz CT molecular complexity index is 1330. The first-order chi connectivity index (χ1) is 18.6. The second kappa shape index (κ2) is 10.8. The minimum Gasteiger partial charge on any atom is -0.378 e. The Morgan fingerprint density at radius 2 is 1.67 bits per heavy atom. The Morgan fingerprint density at radius 1 is 0.949 bits per heavy atom. The Morgan fingerprint density at radius 3 is 2.28 bits per heavy atom. The van der Waals surface area contributed by atoms with Crippen molar-refractivity contribution in [3.05, 3.63) is 59.0 Å². The van der Waals surface area contributed by atoms with Crippen LogP contribution in [-0.4, -0.2) is 83.0 Å². The van der Waals surface area contributed by atoms with Crippen LogP contribution in [0.3, 0.4) is 0 Å². The molecule has 4 heterocycles. The fourth-order valence-electron chi connectivity index (χ4n) is 4.98. The van der Waals surface area contributed by atoms with Gasteiger partial charge in [0.15, 0.2) is 5.82 Å². The second-order valence-corrected chi connectivity index (χ2v) is 9.85. The summed E-state index contributed by atoms with van der Waals surface area (Å²) in [4.78, 5) is 27.6. The van der Waals surface area contributed by atoms with Gasteiger partial charge >= 0.3 is 6.18 Å². The Hall–Kier alpha value is -3.80. The first-order valence-corrected chi connectivity index (χ1v) is 12.9. The van der Waals surface area contributed by atoms with Crippen molar-refractivity contribution in [3.63, 3.8) is 0 Å². The van der Waals surface area contributed by atoms with E-state index in [0.717, 1.165) is 29.1 Å². The van der Waals surface area contributed by atoms with Gasteiger partial charge in [-0.15, -0.1) is 10.2 Å². The predicted molar refractivity (Wildman–Crippen MR) is 140 cm³/mol. The largest absolute Gasteiger partial charge is 0.416 e. The molecule has 2 aromatic heterocycles. The number of halogens is 3. The molecular formula is C27H30F3N7O2. The van der Waals surface area contributed by atoms with Gasteiger partial charge in [-0.3, -0.25) is 4.79 Å². The van der Waals surface area contributed by atoms with Crippen LogP contribution in [0.1, 0.15) is 34.1 Å². The molecule has 0 radical (unpaired) electrons. The highest BCUT2D eigenvalue weighted by molar-refractivity contribution is 5.92. The van der Waals surface area contributed by atoms with E-state index in [1.807, 2.05) is 13.8 Å². The molecular weight excluding hydrogens is 511 g/mol. The summed E-state index contributed by atoms with van der Waals surface area (Å²) in [7, 11) is 0.